The predicted molar refractivity (Wildman–Crippen MR) is 27.2 cm³/mol. The highest BCUT2D eigenvalue weighted by atomic mass is 31.3. The topological polar surface area (TPSA) is 182 Å². The minimum Gasteiger partial charge on any atom is -0.790 e. The molecule has 0 aromatic rings. The summed E-state index contributed by atoms with van der Waals surface area (Å²) in [5.74, 6) is 0. The zero-order valence-corrected chi connectivity index (χ0v) is 8.15. The molecule has 0 aliphatic carbocycles. The first-order valence-corrected chi connectivity index (χ1v) is 6.62. The first kappa shape index (κ1) is 13.4. The van der Waals surface area contributed by atoms with Gasteiger partial charge in [-0.2, -0.15) is 0 Å². The van der Waals surface area contributed by atoms with E-state index in [2.05, 4.69) is 8.62 Å². The average molecular weight is 254 g/mol. The Bertz CT molecular complexity index is 272. The molecule has 0 aliphatic heterocycles. The van der Waals surface area contributed by atoms with Crippen LogP contribution in [0.25, 0.3) is 0 Å². The smallest absolute Gasteiger partial charge is 0.278 e. The van der Waals surface area contributed by atoms with Crippen molar-refractivity contribution in [3.8, 4) is 0 Å². The molecule has 2 unspecified atom stereocenters. The van der Waals surface area contributed by atoms with Crippen LogP contribution in [0.1, 0.15) is 0 Å². The second-order valence-electron chi connectivity index (χ2n) is 1.53. The van der Waals surface area contributed by atoms with Crippen LogP contribution in [0.4, 0.5) is 0 Å². The molecule has 0 bridgehead atoms. The average Bonchev–Trinajstić information content (AvgIpc) is 1.43. The maximum Gasteiger partial charge on any atom is 0.278 e. The van der Waals surface area contributed by atoms with Gasteiger partial charge < -0.3 is 29.0 Å². The highest BCUT2D eigenvalue weighted by Crippen LogP contribution is 2.58. The molecule has 0 aromatic carbocycles. The van der Waals surface area contributed by atoms with Gasteiger partial charge in [-0.15, -0.1) is 0 Å². The Balaban J connectivity index is 4.54. The summed E-state index contributed by atoms with van der Waals surface area (Å²) in [6.07, 6.45) is 0. The van der Waals surface area contributed by atoms with Crippen LogP contribution in [0.2, 0.25) is 0 Å². The van der Waals surface area contributed by atoms with E-state index < -0.39 is 23.5 Å². The lowest BCUT2D eigenvalue weighted by molar-refractivity contribution is -0.339. The first-order valence-electron chi connectivity index (χ1n) is 2.21. The molecular formula is HO10P3-4. The summed E-state index contributed by atoms with van der Waals surface area (Å²) in [7, 11) is -17.6. The maximum atomic E-state index is 10.1. The van der Waals surface area contributed by atoms with E-state index in [1.165, 1.54) is 0 Å². The summed E-state index contributed by atoms with van der Waals surface area (Å²) in [4.78, 5) is 47.0. The molecule has 13 heavy (non-hydrogen) atoms. The second kappa shape index (κ2) is 3.88. The quantitative estimate of drug-likeness (QED) is 0.500. The fraction of sp³-hybridized carbons (Fsp3) is 0. The molecule has 0 aliphatic rings. The minimum absolute atomic E-state index is 2.69. The molecule has 0 fully saturated rings. The lowest BCUT2D eigenvalue weighted by atomic mass is 15.7. The van der Waals surface area contributed by atoms with Gasteiger partial charge in [-0.3, -0.25) is 13.4 Å². The molecule has 0 amide bonds. The highest BCUT2D eigenvalue weighted by molar-refractivity contribution is 7.64. The molecular weight excluding hydrogens is 253 g/mol. The summed E-state index contributed by atoms with van der Waals surface area (Å²) in [5.41, 5.74) is 0. The van der Waals surface area contributed by atoms with E-state index in [1.807, 2.05) is 0 Å². The van der Waals surface area contributed by atoms with E-state index >= 15 is 0 Å². The van der Waals surface area contributed by atoms with Gasteiger partial charge >= 0.3 is 0 Å². The van der Waals surface area contributed by atoms with Gasteiger partial charge in [-0.05, 0) is 0 Å². The zero-order valence-electron chi connectivity index (χ0n) is 5.46. The molecule has 2 atom stereocenters. The third-order valence-corrected chi connectivity index (χ3v) is 3.63. The summed E-state index contributed by atoms with van der Waals surface area (Å²) < 4.78 is 35.0. The van der Waals surface area contributed by atoms with Crippen LogP contribution >= 0.6 is 23.5 Å². The van der Waals surface area contributed by atoms with Crippen LogP contribution in [0.3, 0.4) is 0 Å². The monoisotopic (exact) mass is 254 g/mol. The van der Waals surface area contributed by atoms with E-state index in [-0.39, 0.29) is 0 Å². The van der Waals surface area contributed by atoms with Gasteiger partial charge in [-0.1, -0.05) is 0 Å². The fourth-order valence-electron chi connectivity index (χ4n) is 0.264. The van der Waals surface area contributed by atoms with Gasteiger partial charge in [0.2, 0.25) is 0 Å². The van der Waals surface area contributed by atoms with Crippen LogP contribution in [-0.2, 0) is 22.3 Å². The fourth-order valence-corrected chi connectivity index (χ4v) is 2.64. The van der Waals surface area contributed by atoms with Crippen LogP contribution in [0, 0.1) is 0 Å². The molecule has 0 saturated carbocycles. The molecule has 0 rings (SSSR count). The van der Waals surface area contributed by atoms with Gasteiger partial charge in [0.25, 0.3) is 15.6 Å². The molecule has 0 heterocycles. The van der Waals surface area contributed by atoms with Crippen LogP contribution in [0.5, 0.6) is 0 Å². The molecule has 0 spiro atoms. The van der Waals surface area contributed by atoms with E-state index in [9.17, 15) is 33.3 Å². The maximum absolute atomic E-state index is 10.1. The Morgan fingerprint density at radius 3 is 1.54 bits per heavy atom. The molecule has 13 heteroatoms. The van der Waals surface area contributed by atoms with Crippen molar-refractivity contribution in [2.24, 2.45) is 0 Å². The largest absolute Gasteiger partial charge is 0.790 e. The van der Waals surface area contributed by atoms with Crippen molar-refractivity contribution < 1.29 is 46.8 Å². The van der Waals surface area contributed by atoms with Gasteiger partial charge in [-0.25, -0.2) is 4.31 Å². The van der Waals surface area contributed by atoms with Gasteiger partial charge in [0.05, 0.1) is 7.82 Å². The summed E-state index contributed by atoms with van der Waals surface area (Å²) in [5, 5.41) is 0. The summed E-state index contributed by atoms with van der Waals surface area (Å²) in [6.45, 7) is 0. The van der Waals surface area contributed by atoms with Crippen molar-refractivity contribution in [2.75, 3.05) is 0 Å². The summed E-state index contributed by atoms with van der Waals surface area (Å²) >= 11 is 0. The summed E-state index contributed by atoms with van der Waals surface area (Å²) in [6, 6.07) is 0. The Morgan fingerprint density at radius 1 is 0.923 bits per heavy atom. The molecule has 0 radical (unpaired) electrons. The number of hydrogen-bond acceptors (Lipinski definition) is 9. The van der Waals surface area contributed by atoms with E-state index in [1.54, 1.807) is 0 Å². The van der Waals surface area contributed by atoms with E-state index in [4.69, 9.17) is 4.89 Å². The Morgan fingerprint density at radius 2 is 1.31 bits per heavy atom. The minimum atomic E-state index is -5.95. The SMILES string of the molecule is O=P([O-])([O-])OP(=O)([O-])OP(=O)([O-])O. The number of phosphoric acid groups is 3. The van der Waals surface area contributed by atoms with Crippen molar-refractivity contribution in [1.29, 1.82) is 0 Å². The predicted octanol–water partition coefficient (Wildman–Crippen LogP) is -3.22. The van der Waals surface area contributed by atoms with Crippen LogP contribution in [0.15, 0.2) is 0 Å². The van der Waals surface area contributed by atoms with E-state index in [0.717, 1.165) is 0 Å². The molecule has 80 valence electrons. The number of hydrogen-bond donors (Lipinski definition) is 1. The third kappa shape index (κ3) is 8.73. The normalized spacial score (nSPS) is 21.9. The van der Waals surface area contributed by atoms with Crippen molar-refractivity contribution in [2.45, 2.75) is 0 Å². The van der Waals surface area contributed by atoms with Gasteiger partial charge in [0, 0.05) is 0 Å². The third-order valence-electron chi connectivity index (χ3n) is 0.403. The zero-order chi connectivity index (χ0) is 10.9. The molecule has 0 saturated heterocycles. The lowest BCUT2D eigenvalue weighted by Gasteiger charge is -2.36. The van der Waals surface area contributed by atoms with Crippen LogP contribution < -0.4 is 19.6 Å². The van der Waals surface area contributed by atoms with E-state index in [0.29, 0.717) is 0 Å². The Kier molecular flexibility index (Phi) is 4.00. The number of rotatable bonds is 4. The molecule has 0 aromatic heterocycles. The van der Waals surface area contributed by atoms with Gasteiger partial charge in [0.1, 0.15) is 0 Å². The van der Waals surface area contributed by atoms with Gasteiger partial charge in [0.15, 0.2) is 0 Å². The highest BCUT2D eigenvalue weighted by Gasteiger charge is 2.17. The standard InChI is InChI=1S/H5O10P3/c1-11(2,3)9-13(7,8)10-12(4,5)6/h(H,7,8)(H2,1,2,3)(H2,4,5,6)/p-4. The Labute approximate surface area is 71.2 Å². The van der Waals surface area contributed by atoms with Crippen molar-refractivity contribution >= 4 is 23.5 Å². The van der Waals surface area contributed by atoms with Crippen molar-refractivity contribution in [1.82, 2.24) is 0 Å². The second-order valence-corrected chi connectivity index (χ2v) is 5.56. The van der Waals surface area contributed by atoms with Crippen molar-refractivity contribution in [3.63, 3.8) is 0 Å². The lowest BCUT2D eigenvalue weighted by Crippen LogP contribution is -2.19. The van der Waals surface area contributed by atoms with Crippen LogP contribution in [-0.4, -0.2) is 4.89 Å². The van der Waals surface area contributed by atoms with Crippen molar-refractivity contribution in [3.05, 3.63) is 0 Å². The first-order chi connectivity index (χ1) is 5.41. The molecule has 10 nitrogen and oxygen atoms in total. The molecule has 1 N–H and O–H groups in total. The Hall–Kier alpha value is 0.410.